The summed E-state index contributed by atoms with van der Waals surface area (Å²) in [7, 11) is 2.02. The third-order valence-corrected chi connectivity index (χ3v) is 6.04. The van der Waals surface area contributed by atoms with Crippen LogP contribution in [0, 0.1) is 5.82 Å². The van der Waals surface area contributed by atoms with Crippen molar-refractivity contribution in [3.63, 3.8) is 0 Å². The summed E-state index contributed by atoms with van der Waals surface area (Å²) in [5, 5.41) is 8.18. The molecule has 0 atom stereocenters. The van der Waals surface area contributed by atoms with Crippen LogP contribution >= 0.6 is 0 Å². The number of alkyl halides is 3. The van der Waals surface area contributed by atoms with Crippen LogP contribution in [0.25, 0.3) is 23.0 Å². The quantitative estimate of drug-likeness (QED) is 0.348. The van der Waals surface area contributed by atoms with Crippen molar-refractivity contribution in [2.45, 2.75) is 12.9 Å². The van der Waals surface area contributed by atoms with Gasteiger partial charge in [-0.1, -0.05) is 11.2 Å². The normalized spacial score (nSPS) is 14.6. The van der Waals surface area contributed by atoms with Crippen molar-refractivity contribution in [2.75, 3.05) is 38.1 Å². The molecule has 1 saturated heterocycles. The second-order valence-electron chi connectivity index (χ2n) is 8.79. The minimum atomic E-state index is -4.80. The van der Waals surface area contributed by atoms with Gasteiger partial charge >= 0.3 is 6.36 Å². The van der Waals surface area contributed by atoms with E-state index in [1.54, 1.807) is 12.1 Å². The fraction of sp³-hybridized carbons (Fsp3) is 0.280. The van der Waals surface area contributed by atoms with Crippen molar-refractivity contribution in [1.29, 1.82) is 0 Å². The lowest BCUT2D eigenvalue weighted by Crippen LogP contribution is -2.44. The zero-order valence-corrected chi connectivity index (χ0v) is 20.2. The summed E-state index contributed by atoms with van der Waals surface area (Å²) in [6, 6.07) is 12.4. The first-order valence-corrected chi connectivity index (χ1v) is 11.6. The fourth-order valence-corrected chi connectivity index (χ4v) is 4.05. The van der Waals surface area contributed by atoms with Crippen molar-refractivity contribution in [2.24, 2.45) is 0 Å². The molecule has 4 aromatic rings. The highest BCUT2D eigenvalue weighted by atomic mass is 19.4. The first-order valence-electron chi connectivity index (χ1n) is 11.6. The molecule has 0 amide bonds. The number of benzene rings is 2. The van der Waals surface area contributed by atoms with Gasteiger partial charge in [-0.2, -0.15) is 10.1 Å². The van der Waals surface area contributed by atoms with Crippen LogP contribution in [0.1, 0.15) is 5.56 Å². The van der Waals surface area contributed by atoms with Crippen LogP contribution in [0.4, 0.5) is 23.2 Å². The van der Waals surface area contributed by atoms with Gasteiger partial charge in [-0.15, -0.1) is 13.2 Å². The highest BCUT2D eigenvalue weighted by Crippen LogP contribution is 2.27. The molecule has 5 rings (SSSR count). The van der Waals surface area contributed by atoms with E-state index in [-0.39, 0.29) is 41.1 Å². The van der Waals surface area contributed by atoms with Crippen LogP contribution in [0.2, 0.25) is 0 Å². The second kappa shape index (κ2) is 10.2. The van der Waals surface area contributed by atoms with Gasteiger partial charge in [0.15, 0.2) is 0 Å². The van der Waals surface area contributed by atoms with Crippen LogP contribution in [0.5, 0.6) is 5.75 Å². The van der Waals surface area contributed by atoms with Gasteiger partial charge in [-0.25, -0.2) is 9.07 Å². The van der Waals surface area contributed by atoms with E-state index in [1.165, 1.54) is 35.0 Å². The first kappa shape index (κ1) is 25.4. The zero-order valence-electron chi connectivity index (χ0n) is 20.2. The Balaban J connectivity index is 1.35. The number of anilines is 1. The molecule has 0 radical (unpaired) electrons. The fourth-order valence-electron chi connectivity index (χ4n) is 4.05. The predicted octanol–water partition coefficient (Wildman–Crippen LogP) is 3.80. The maximum Gasteiger partial charge on any atom is 0.573 e. The molecule has 1 aliphatic rings. The maximum atomic E-state index is 14.6. The summed E-state index contributed by atoms with van der Waals surface area (Å²) < 4.78 is 62.0. The Morgan fingerprint density at radius 3 is 2.45 bits per heavy atom. The Hall–Kier alpha value is -4.26. The Bertz CT molecular complexity index is 1480. The Labute approximate surface area is 213 Å². The minimum Gasteiger partial charge on any atom is -0.406 e. The summed E-state index contributed by atoms with van der Waals surface area (Å²) in [5.41, 5.74) is 1.42. The van der Waals surface area contributed by atoms with Gasteiger partial charge in [0, 0.05) is 37.8 Å². The highest BCUT2D eigenvalue weighted by Gasteiger charge is 2.31. The number of rotatable bonds is 6. The van der Waals surface area contributed by atoms with Crippen LogP contribution < -0.4 is 15.2 Å². The lowest BCUT2D eigenvalue weighted by Gasteiger charge is -2.34. The summed E-state index contributed by atoms with van der Waals surface area (Å²) in [5.74, 6) is -0.575. The molecule has 13 heteroatoms. The summed E-state index contributed by atoms with van der Waals surface area (Å²) in [4.78, 5) is 20.9. The molecule has 0 bridgehead atoms. The lowest BCUT2D eigenvalue weighted by atomic mass is 10.1. The molecule has 3 heterocycles. The van der Waals surface area contributed by atoms with Crippen LogP contribution in [-0.4, -0.2) is 64.4 Å². The Morgan fingerprint density at radius 2 is 1.74 bits per heavy atom. The number of aromatic nitrogens is 4. The topological polar surface area (TPSA) is 89.5 Å². The average molecular weight is 530 g/mol. The van der Waals surface area contributed by atoms with E-state index in [0.717, 1.165) is 25.2 Å². The molecule has 0 aliphatic carbocycles. The Kier molecular flexibility index (Phi) is 6.85. The van der Waals surface area contributed by atoms with Crippen LogP contribution in [0.15, 0.2) is 63.9 Å². The number of piperazine rings is 1. The molecule has 0 saturated carbocycles. The van der Waals surface area contributed by atoms with Gasteiger partial charge in [-0.05, 0) is 55.1 Å². The van der Waals surface area contributed by atoms with Gasteiger partial charge < -0.3 is 19.1 Å². The molecular formula is C25H22F4N6O3. The molecule has 0 spiro atoms. The molecule has 2 aromatic heterocycles. The number of hydrogen-bond acceptors (Lipinski definition) is 8. The molecular weight excluding hydrogens is 508 g/mol. The van der Waals surface area contributed by atoms with Crippen molar-refractivity contribution < 1.29 is 26.8 Å². The highest BCUT2D eigenvalue weighted by molar-refractivity contribution is 5.58. The monoisotopic (exact) mass is 530 g/mol. The molecule has 198 valence electrons. The summed E-state index contributed by atoms with van der Waals surface area (Å²) in [6.45, 7) is 3.13. The van der Waals surface area contributed by atoms with E-state index in [2.05, 4.69) is 24.9 Å². The number of likely N-dealkylation sites (N-methyl/N-ethyl adjacent to an activating group) is 1. The lowest BCUT2D eigenvalue weighted by molar-refractivity contribution is -0.274. The molecule has 1 fully saturated rings. The first-order chi connectivity index (χ1) is 18.1. The third-order valence-electron chi connectivity index (χ3n) is 6.04. The van der Waals surface area contributed by atoms with Crippen molar-refractivity contribution >= 4 is 5.69 Å². The standard InChI is InChI=1S/C25H22F4N6O3/c1-33-10-12-34(13-11-33)21-14-16(2-7-19(21)26)15-35-22(36)9-8-20(31-35)24-30-23(32-38-24)17-3-5-18(6-4-17)37-25(27,28)29/h2-9,14H,10-13,15H2,1H3. The summed E-state index contributed by atoms with van der Waals surface area (Å²) >= 11 is 0. The predicted molar refractivity (Wildman–Crippen MR) is 129 cm³/mol. The van der Waals surface area contributed by atoms with Gasteiger partial charge in [0.05, 0.1) is 12.2 Å². The van der Waals surface area contributed by atoms with E-state index in [9.17, 15) is 22.4 Å². The molecule has 38 heavy (non-hydrogen) atoms. The number of ether oxygens (including phenoxy) is 1. The number of halogens is 4. The SMILES string of the molecule is CN1CCN(c2cc(Cn3nc(-c4nc(-c5ccc(OC(F)(F)F)cc5)no4)ccc3=O)ccc2F)CC1. The Morgan fingerprint density at radius 1 is 1.00 bits per heavy atom. The minimum absolute atomic E-state index is 0.0154. The van der Waals surface area contributed by atoms with Crippen molar-refractivity contribution in [3.05, 3.63) is 76.3 Å². The number of hydrogen-bond donors (Lipinski definition) is 0. The van der Waals surface area contributed by atoms with Gasteiger partial charge in [0.1, 0.15) is 17.3 Å². The second-order valence-corrected chi connectivity index (χ2v) is 8.79. The average Bonchev–Trinajstić information content (AvgIpc) is 3.37. The van der Waals surface area contributed by atoms with E-state index in [4.69, 9.17) is 4.52 Å². The zero-order chi connectivity index (χ0) is 26.9. The summed E-state index contributed by atoms with van der Waals surface area (Å²) in [6.07, 6.45) is -4.80. The van der Waals surface area contributed by atoms with Crippen LogP contribution in [0.3, 0.4) is 0 Å². The molecule has 1 aliphatic heterocycles. The molecule has 9 nitrogen and oxygen atoms in total. The largest absolute Gasteiger partial charge is 0.573 e. The smallest absolute Gasteiger partial charge is 0.406 e. The van der Waals surface area contributed by atoms with E-state index in [0.29, 0.717) is 29.9 Å². The van der Waals surface area contributed by atoms with Crippen molar-refractivity contribution in [1.82, 2.24) is 24.8 Å². The van der Waals surface area contributed by atoms with Gasteiger partial charge in [0.2, 0.25) is 5.82 Å². The molecule has 2 aromatic carbocycles. The van der Waals surface area contributed by atoms with Crippen molar-refractivity contribution in [3.8, 4) is 28.7 Å². The maximum absolute atomic E-state index is 14.6. The van der Waals surface area contributed by atoms with E-state index in [1.807, 2.05) is 11.9 Å². The van der Waals surface area contributed by atoms with Crippen LogP contribution in [-0.2, 0) is 6.54 Å². The van der Waals surface area contributed by atoms with E-state index < -0.39 is 6.36 Å². The van der Waals surface area contributed by atoms with E-state index >= 15 is 0 Å². The third kappa shape index (κ3) is 5.83. The van der Waals surface area contributed by atoms with Gasteiger partial charge in [-0.3, -0.25) is 4.79 Å². The van der Waals surface area contributed by atoms with Gasteiger partial charge in [0.25, 0.3) is 11.4 Å². The molecule has 0 N–H and O–H groups in total. The number of nitrogens with zero attached hydrogens (tertiary/aromatic N) is 6. The molecule has 0 unspecified atom stereocenters.